The summed E-state index contributed by atoms with van der Waals surface area (Å²) in [7, 11) is 1.57. The number of carbonyl (C=O) groups is 1. The van der Waals surface area contributed by atoms with Crippen LogP contribution in [-0.4, -0.2) is 54.9 Å². The molecule has 4 N–H and O–H groups in total. The van der Waals surface area contributed by atoms with Crippen molar-refractivity contribution in [1.82, 2.24) is 10.2 Å². The highest BCUT2D eigenvalue weighted by molar-refractivity contribution is 6.11. The molecule has 0 spiro atoms. The lowest BCUT2D eigenvalue weighted by atomic mass is 10.00. The quantitative estimate of drug-likeness (QED) is 0.511. The third-order valence-corrected chi connectivity index (χ3v) is 3.89. The van der Waals surface area contributed by atoms with Crippen molar-refractivity contribution in [3.63, 3.8) is 0 Å². The minimum Gasteiger partial charge on any atom is -0.404 e. The van der Waals surface area contributed by atoms with Crippen molar-refractivity contribution in [2.45, 2.75) is 19.1 Å². The van der Waals surface area contributed by atoms with Crippen LogP contribution in [0.15, 0.2) is 41.0 Å². The highest BCUT2D eigenvalue weighted by atomic mass is 16.3. The fourth-order valence-electron chi connectivity index (χ4n) is 2.70. The molecule has 6 nitrogen and oxygen atoms in total. The molecule has 124 valence electrons. The van der Waals surface area contributed by atoms with Gasteiger partial charge in [0.1, 0.15) is 0 Å². The molecule has 0 aliphatic carbocycles. The average molecular weight is 316 g/mol. The Kier molecular flexibility index (Phi) is 6.31. The van der Waals surface area contributed by atoms with Crippen LogP contribution in [0.2, 0.25) is 0 Å². The van der Waals surface area contributed by atoms with Crippen LogP contribution in [-0.2, 0) is 17.8 Å². The van der Waals surface area contributed by atoms with Gasteiger partial charge in [0.05, 0.1) is 11.7 Å². The molecule has 0 saturated heterocycles. The largest absolute Gasteiger partial charge is 0.404 e. The van der Waals surface area contributed by atoms with E-state index in [1.165, 1.54) is 23.5 Å². The number of hydrogen-bond donors (Lipinski definition) is 3. The number of rotatable bonds is 6. The van der Waals surface area contributed by atoms with Gasteiger partial charge in [-0.3, -0.25) is 14.7 Å². The van der Waals surface area contributed by atoms with Gasteiger partial charge in [-0.2, -0.15) is 0 Å². The molecule has 1 aliphatic rings. The molecular formula is C17H24N4O2. The summed E-state index contributed by atoms with van der Waals surface area (Å²) in [5, 5.41) is 12.8. The Morgan fingerprint density at radius 3 is 2.91 bits per heavy atom. The smallest absolute Gasteiger partial charge is 0.254 e. The molecule has 1 heterocycles. The Hall–Kier alpha value is -2.18. The summed E-state index contributed by atoms with van der Waals surface area (Å²) in [6.07, 6.45) is 2.96. The first-order valence-corrected chi connectivity index (χ1v) is 7.73. The first-order valence-electron chi connectivity index (χ1n) is 7.73. The highest BCUT2D eigenvalue weighted by Crippen LogP contribution is 2.18. The Balaban J connectivity index is 1.80. The molecule has 0 aromatic heterocycles. The van der Waals surface area contributed by atoms with Crippen molar-refractivity contribution in [3.05, 3.63) is 47.2 Å². The van der Waals surface area contributed by atoms with Crippen LogP contribution in [0, 0.1) is 0 Å². The summed E-state index contributed by atoms with van der Waals surface area (Å²) in [5.41, 5.74) is 8.35. The van der Waals surface area contributed by atoms with Crippen LogP contribution in [0.25, 0.3) is 0 Å². The zero-order chi connectivity index (χ0) is 16.7. The molecule has 1 aromatic rings. The molecule has 1 unspecified atom stereocenters. The van der Waals surface area contributed by atoms with E-state index < -0.39 is 6.10 Å². The maximum absolute atomic E-state index is 11.8. The molecule has 0 fully saturated rings. The molecule has 1 amide bonds. The van der Waals surface area contributed by atoms with Crippen molar-refractivity contribution in [3.8, 4) is 0 Å². The summed E-state index contributed by atoms with van der Waals surface area (Å²) in [6, 6.07) is 8.37. The van der Waals surface area contributed by atoms with Gasteiger partial charge < -0.3 is 16.2 Å². The number of aliphatic hydroxyl groups excluding tert-OH is 1. The van der Waals surface area contributed by atoms with Crippen molar-refractivity contribution >= 4 is 12.1 Å². The predicted molar refractivity (Wildman–Crippen MR) is 91.1 cm³/mol. The lowest BCUT2D eigenvalue weighted by Gasteiger charge is -2.30. The lowest BCUT2D eigenvalue weighted by Crippen LogP contribution is -2.42. The third-order valence-electron chi connectivity index (χ3n) is 3.89. The second-order valence-corrected chi connectivity index (χ2v) is 5.63. The number of hydrogen-bond acceptors (Lipinski definition) is 5. The Bertz CT molecular complexity index is 598. The molecular weight excluding hydrogens is 292 g/mol. The number of aliphatic imine (C=N–C) groups is 1. The van der Waals surface area contributed by atoms with Gasteiger partial charge >= 0.3 is 0 Å². The molecule has 1 aliphatic heterocycles. The van der Waals surface area contributed by atoms with E-state index in [1.807, 2.05) is 6.07 Å². The van der Waals surface area contributed by atoms with Gasteiger partial charge in [0.2, 0.25) is 0 Å². The predicted octanol–water partition coefficient (Wildman–Crippen LogP) is 0.0650. The minimum atomic E-state index is -0.623. The van der Waals surface area contributed by atoms with Gasteiger partial charge in [0.15, 0.2) is 0 Å². The molecule has 6 heteroatoms. The summed E-state index contributed by atoms with van der Waals surface area (Å²) >= 11 is 0. The summed E-state index contributed by atoms with van der Waals surface area (Å²) in [4.78, 5) is 17.8. The Morgan fingerprint density at radius 1 is 1.48 bits per heavy atom. The standard InChI is InChI=1S/C17H24N4O2/c1-19-9-15(8-18)17(23)20-10-16(22)12-21-7-6-13-4-2-3-5-14(13)11-21/h2-5,8-9,16,22H,6-7,10-12,18H2,1H3,(H,20,23)/b15-8+,19-9-. The fraction of sp³-hybridized carbons (Fsp3) is 0.412. The van der Waals surface area contributed by atoms with Crippen LogP contribution in [0.4, 0.5) is 0 Å². The van der Waals surface area contributed by atoms with E-state index in [9.17, 15) is 9.90 Å². The fourth-order valence-corrected chi connectivity index (χ4v) is 2.70. The number of nitrogens with zero attached hydrogens (tertiary/aromatic N) is 2. The number of carbonyl (C=O) groups excluding carboxylic acids is 1. The summed E-state index contributed by atoms with van der Waals surface area (Å²) in [6.45, 7) is 2.46. The Morgan fingerprint density at radius 2 is 2.22 bits per heavy atom. The maximum Gasteiger partial charge on any atom is 0.254 e. The average Bonchev–Trinajstić information content (AvgIpc) is 2.57. The van der Waals surface area contributed by atoms with Gasteiger partial charge in [0.25, 0.3) is 5.91 Å². The maximum atomic E-state index is 11.8. The van der Waals surface area contributed by atoms with Gasteiger partial charge in [-0.15, -0.1) is 0 Å². The molecule has 23 heavy (non-hydrogen) atoms. The van der Waals surface area contributed by atoms with Crippen LogP contribution < -0.4 is 11.1 Å². The number of aliphatic hydroxyl groups is 1. The SMILES string of the molecule is C/N=C\C(=C/N)C(=O)NCC(O)CN1CCc2ccccc2C1. The van der Waals surface area contributed by atoms with Crippen LogP contribution in [0.3, 0.4) is 0 Å². The topological polar surface area (TPSA) is 90.9 Å². The van der Waals surface area contributed by atoms with E-state index in [0.717, 1.165) is 19.5 Å². The van der Waals surface area contributed by atoms with Crippen LogP contribution in [0.1, 0.15) is 11.1 Å². The van der Waals surface area contributed by atoms with Gasteiger partial charge in [-0.05, 0) is 17.5 Å². The summed E-state index contributed by atoms with van der Waals surface area (Å²) in [5.74, 6) is -0.332. The molecule has 1 atom stereocenters. The lowest BCUT2D eigenvalue weighted by molar-refractivity contribution is -0.117. The third kappa shape index (κ3) is 4.91. The molecule has 1 aromatic carbocycles. The number of fused-ring (bicyclic) bond motifs is 1. The van der Waals surface area contributed by atoms with Gasteiger partial charge in [-0.25, -0.2) is 0 Å². The highest BCUT2D eigenvalue weighted by Gasteiger charge is 2.19. The second kappa shape index (κ2) is 8.45. The van der Waals surface area contributed by atoms with E-state index >= 15 is 0 Å². The number of benzene rings is 1. The first kappa shape index (κ1) is 17.2. The van der Waals surface area contributed by atoms with Crippen molar-refractivity contribution < 1.29 is 9.90 Å². The zero-order valence-corrected chi connectivity index (χ0v) is 13.4. The van der Waals surface area contributed by atoms with Crippen molar-refractivity contribution in [1.29, 1.82) is 0 Å². The molecule has 0 saturated carbocycles. The Labute approximate surface area is 136 Å². The van der Waals surface area contributed by atoms with Crippen molar-refractivity contribution in [2.75, 3.05) is 26.7 Å². The van der Waals surface area contributed by atoms with E-state index in [4.69, 9.17) is 5.73 Å². The van der Waals surface area contributed by atoms with Crippen LogP contribution >= 0.6 is 0 Å². The number of nitrogens with two attached hydrogens (primary N) is 1. The monoisotopic (exact) mass is 316 g/mol. The number of amides is 1. The number of nitrogens with one attached hydrogen (secondary N) is 1. The molecule has 0 radical (unpaired) electrons. The summed E-state index contributed by atoms with van der Waals surface area (Å²) < 4.78 is 0. The zero-order valence-electron chi connectivity index (χ0n) is 13.4. The molecule has 2 rings (SSSR count). The van der Waals surface area contributed by atoms with E-state index in [1.54, 1.807) is 7.05 Å². The van der Waals surface area contributed by atoms with Gasteiger partial charge in [-0.1, -0.05) is 24.3 Å². The number of β-amino-alcohol motifs (C(OH)–C–C–N with tert-alkyl or cyclic N) is 1. The molecule has 0 bridgehead atoms. The minimum absolute atomic E-state index is 0.186. The van der Waals surface area contributed by atoms with Gasteiger partial charge in [0, 0.05) is 45.6 Å². The van der Waals surface area contributed by atoms with E-state index in [-0.39, 0.29) is 18.0 Å². The first-order chi connectivity index (χ1) is 11.1. The van der Waals surface area contributed by atoms with E-state index in [0.29, 0.717) is 6.54 Å². The normalized spacial score (nSPS) is 17.0. The van der Waals surface area contributed by atoms with Crippen LogP contribution in [0.5, 0.6) is 0 Å². The van der Waals surface area contributed by atoms with Crippen molar-refractivity contribution in [2.24, 2.45) is 10.7 Å². The van der Waals surface area contributed by atoms with E-state index in [2.05, 4.69) is 33.4 Å². The second-order valence-electron chi connectivity index (χ2n) is 5.63.